The average molecular weight is 512 g/mol. The highest BCUT2D eigenvalue weighted by molar-refractivity contribution is 7.14. The topological polar surface area (TPSA) is 64.6 Å². The van der Waals surface area contributed by atoms with Crippen LogP contribution in [0.3, 0.4) is 0 Å². The number of aryl methyl sites for hydroxylation is 1. The Kier molecular flexibility index (Phi) is 8.89. The number of anilines is 1. The zero-order valence-electron chi connectivity index (χ0n) is 20.9. The molecule has 188 valence electrons. The lowest BCUT2D eigenvalue weighted by Crippen LogP contribution is -2.20. The number of hydrogen-bond donors (Lipinski definition) is 1. The molecule has 0 fully saturated rings. The van der Waals surface area contributed by atoms with Gasteiger partial charge < -0.3 is 14.8 Å². The van der Waals surface area contributed by atoms with E-state index in [1.54, 1.807) is 24.3 Å². The van der Waals surface area contributed by atoms with Crippen molar-refractivity contribution in [2.75, 3.05) is 18.5 Å². The number of thiophene rings is 1. The highest BCUT2D eigenvalue weighted by Gasteiger charge is 2.11. The first-order chi connectivity index (χ1) is 18.0. The average Bonchev–Trinajstić information content (AvgIpc) is 3.37. The normalized spacial score (nSPS) is 10.9. The Balaban J connectivity index is 1.36. The zero-order valence-corrected chi connectivity index (χ0v) is 21.7. The molecular formula is C31H29NO4S. The van der Waals surface area contributed by atoms with Gasteiger partial charge in [0.1, 0.15) is 0 Å². The molecule has 1 aromatic heterocycles. The monoisotopic (exact) mass is 511 g/mol. The van der Waals surface area contributed by atoms with Crippen LogP contribution in [0.1, 0.15) is 38.2 Å². The number of ketones is 1. The lowest BCUT2D eigenvalue weighted by molar-refractivity contribution is -0.118. The molecule has 1 heterocycles. The van der Waals surface area contributed by atoms with E-state index in [9.17, 15) is 9.59 Å². The van der Waals surface area contributed by atoms with Crippen LogP contribution in [-0.2, 0) is 11.2 Å². The van der Waals surface area contributed by atoms with E-state index in [1.165, 1.54) is 16.9 Å². The Morgan fingerprint density at radius 3 is 2.43 bits per heavy atom. The van der Waals surface area contributed by atoms with Crippen molar-refractivity contribution < 1.29 is 19.1 Å². The molecule has 1 N–H and O–H groups in total. The van der Waals surface area contributed by atoms with Crippen LogP contribution in [0.5, 0.6) is 11.5 Å². The van der Waals surface area contributed by atoms with Crippen LogP contribution in [0.25, 0.3) is 6.08 Å². The fourth-order valence-electron chi connectivity index (χ4n) is 3.65. The van der Waals surface area contributed by atoms with Crippen molar-refractivity contribution in [3.63, 3.8) is 0 Å². The molecule has 6 heteroatoms. The highest BCUT2D eigenvalue weighted by Crippen LogP contribution is 2.29. The van der Waals surface area contributed by atoms with Crippen molar-refractivity contribution in [2.45, 2.75) is 20.3 Å². The first kappa shape index (κ1) is 25.9. The number of carbonyl (C=O) groups excluding carboxylic acids is 2. The van der Waals surface area contributed by atoms with Gasteiger partial charge in [0, 0.05) is 17.0 Å². The molecular weight excluding hydrogens is 482 g/mol. The maximum atomic E-state index is 12.7. The number of nitrogens with one attached hydrogen (secondary N) is 1. The van der Waals surface area contributed by atoms with Crippen molar-refractivity contribution in [3.05, 3.63) is 117 Å². The van der Waals surface area contributed by atoms with Gasteiger partial charge in [-0.3, -0.25) is 9.59 Å². The molecule has 4 aromatic rings. The number of ether oxygens (including phenoxy) is 2. The molecule has 5 nitrogen and oxygen atoms in total. The second kappa shape index (κ2) is 12.7. The van der Waals surface area contributed by atoms with Crippen molar-refractivity contribution in [1.29, 1.82) is 0 Å². The Morgan fingerprint density at radius 1 is 0.892 bits per heavy atom. The summed E-state index contributed by atoms with van der Waals surface area (Å²) in [7, 11) is 0. The molecule has 0 radical (unpaired) electrons. The second-order valence-electron chi connectivity index (χ2n) is 8.47. The number of hydrogen-bond acceptors (Lipinski definition) is 5. The van der Waals surface area contributed by atoms with Gasteiger partial charge in [-0.2, -0.15) is 0 Å². The summed E-state index contributed by atoms with van der Waals surface area (Å²) in [6.45, 7) is 4.16. The van der Waals surface area contributed by atoms with Gasteiger partial charge in [-0.15, -0.1) is 11.3 Å². The SMILES string of the molecule is CCOc1cc(/C=C/C(=O)c2ccc(Cc3ccccc3)s2)ccc1OCC(=O)Nc1ccc(C)cc1. The third-order valence-corrected chi connectivity index (χ3v) is 6.61. The van der Waals surface area contributed by atoms with Gasteiger partial charge in [-0.05, 0) is 67.4 Å². The Labute approximate surface area is 221 Å². The van der Waals surface area contributed by atoms with E-state index in [1.807, 2.05) is 74.5 Å². The highest BCUT2D eigenvalue weighted by atomic mass is 32.1. The quantitative estimate of drug-likeness (QED) is 0.175. The molecule has 0 saturated carbocycles. The minimum atomic E-state index is -0.261. The molecule has 1 amide bonds. The smallest absolute Gasteiger partial charge is 0.262 e. The summed E-state index contributed by atoms with van der Waals surface area (Å²) in [6, 6.07) is 27.0. The molecule has 3 aromatic carbocycles. The zero-order chi connectivity index (χ0) is 26.0. The number of carbonyl (C=O) groups is 2. The Bertz CT molecular complexity index is 1370. The molecule has 4 rings (SSSR count). The van der Waals surface area contributed by atoms with Gasteiger partial charge >= 0.3 is 0 Å². The predicted octanol–water partition coefficient (Wildman–Crippen LogP) is 6.96. The molecule has 0 saturated heterocycles. The van der Waals surface area contributed by atoms with Gasteiger partial charge in [0.2, 0.25) is 0 Å². The van der Waals surface area contributed by atoms with Gasteiger partial charge in [0.05, 0.1) is 11.5 Å². The van der Waals surface area contributed by atoms with E-state index in [-0.39, 0.29) is 18.3 Å². The van der Waals surface area contributed by atoms with Crippen molar-refractivity contribution >= 4 is 34.8 Å². The minimum absolute atomic E-state index is 0.0459. The van der Waals surface area contributed by atoms with Crippen LogP contribution in [0.2, 0.25) is 0 Å². The summed E-state index contributed by atoms with van der Waals surface area (Å²) in [5, 5.41) is 2.81. The van der Waals surface area contributed by atoms with Crippen molar-refractivity contribution in [2.24, 2.45) is 0 Å². The van der Waals surface area contributed by atoms with Gasteiger partial charge in [0.25, 0.3) is 5.91 Å². The summed E-state index contributed by atoms with van der Waals surface area (Å²) in [6.07, 6.45) is 4.14. The maximum Gasteiger partial charge on any atom is 0.262 e. The standard InChI is InChI=1S/C31H29NO4S/c1-3-35-29-20-24(12-17-28(29)36-21-31(34)32-25-13-9-22(2)10-14-25)11-16-27(33)30-18-15-26(37-30)19-23-7-5-4-6-8-23/h4-18,20H,3,19,21H2,1-2H3,(H,32,34)/b16-11+. The summed E-state index contributed by atoms with van der Waals surface area (Å²) < 4.78 is 11.4. The number of rotatable bonds is 11. The Morgan fingerprint density at radius 2 is 1.68 bits per heavy atom. The molecule has 0 aliphatic carbocycles. The molecule has 0 bridgehead atoms. The summed E-state index contributed by atoms with van der Waals surface area (Å²) in [5.41, 5.74) is 3.86. The summed E-state index contributed by atoms with van der Waals surface area (Å²) in [5.74, 6) is 0.675. The van der Waals surface area contributed by atoms with Crippen LogP contribution in [0.4, 0.5) is 5.69 Å². The first-order valence-electron chi connectivity index (χ1n) is 12.1. The minimum Gasteiger partial charge on any atom is -0.490 e. The Hall–Kier alpha value is -4.16. The number of allylic oxidation sites excluding steroid dienone is 1. The fourth-order valence-corrected chi connectivity index (χ4v) is 4.61. The summed E-state index contributed by atoms with van der Waals surface area (Å²) in [4.78, 5) is 26.9. The second-order valence-corrected chi connectivity index (χ2v) is 9.64. The van der Waals surface area contributed by atoms with E-state index in [0.717, 1.165) is 22.4 Å². The van der Waals surface area contributed by atoms with E-state index >= 15 is 0 Å². The summed E-state index contributed by atoms with van der Waals surface area (Å²) >= 11 is 1.51. The van der Waals surface area contributed by atoms with E-state index in [2.05, 4.69) is 17.4 Å². The molecule has 0 atom stereocenters. The predicted molar refractivity (Wildman–Crippen MR) is 150 cm³/mol. The van der Waals surface area contributed by atoms with Crippen LogP contribution in [-0.4, -0.2) is 24.9 Å². The van der Waals surface area contributed by atoms with Gasteiger partial charge in [-0.25, -0.2) is 0 Å². The van der Waals surface area contributed by atoms with Crippen molar-refractivity contribution in [1.82, 2.24) is 0 Å². The largest absolute Gasteiger partial charge is 0.490 e. The van der Waals surface area contributed by atoms with Crippen LogP contribution >= 0.6 is 11.3 Å². The van der Waals surface area contributed by atoms with Crippen molar-refractivity contribution in [3.8, 4) is 11.5 Å². The van der Waals surface area contributed by atoms with E-state index in [4.69, 9.17) is 9.47 Å². The lowest BCUT2D eigenvalue weighted by Gasteiger charge is -2.13. The van der Waals surface area contributed by atoms with Crippen LogP contribution in [0.15, 0.2) is 91.0 Å². The first-order valence-corrected chi connectivity index (χ1v) is 12.9. The molecule has 0 spiro atoms. The van der Waals surface area contributed by atoms with Gasteiger partial charge in [0.15, 0.2) is 23.9 Å². The third kappa shape index (κ3) is 7.66. The number of benzene rings is 3. The lowest BCUT2D eigenvalue weighted by atomic mass is 10.1. The molecule has 37 heavy (non-hydrogen) atoms. The van der Waals surface area contributed by atoms with Crippen LogP contribution < -0.4 is 14.8 Å². The molecule has 0 aliphatic heterocycles. The fraction of sp³-hybridized carbons (Fsp3) is 0.161. The van der Waals surface area contributed by atoms with E-state index < -0.39 is 0 Å². The molecule has 0 unspecified atom stereocenters. The third-order valence-electron chi connectivity index (χ3n) is 5.51. The van der Waals surface area contributed by atoms with E-state index in [0.29, 0.717) is 28.7 Å². The maximum absolute atomic E-state index is 12.7. The van der Waals surface area contributed by atoms with Crippen LogP contribution in [0, 0.1) is 6.92 Å². The number of amides is 1. The van der Waals surface area contributed by atoms with Gasteiger partial charge in [-0.1, -0.05) is 60.2 Å². The molecule has 0 aliphatic rings.